The number of hydrogen-bond donors (Lipinski definition) is 0. The molecule has 0 amide bonds. The Kier molecular flexibility index (Phi) is 1.86. The van der Waals surface area contributed by atoms with E-state index >= 15 is 0 Å². The van der Waals surface area contributed by atoms with E-state index in [2.05, 4.69) is 13.8 Å². The highest BCUT2D eigenvalue weighted by Crippen LogP contribution is 2.51. The summed E-state index contributed by atoms with van der Waals surface area (Å²) in [4.78, 5) is 0. The quantitative estimate of drug-likeness (QED) is 0.548. The van der Waals surface area contributed by atoms with Crippen molar-refractivity contribution in [1.82, 2.24) is 5.06 Å². The van der Waals surface area contributed by atoms with E-state index in [4.69, 9.17) is 0 Å². The zero-order valence-corrected chi connectivity index (χ0v) is 9.06. The molecule has 12 heavy (non-hydrogen) atoms. The summed E-state index contributed by atoms with van der Waals surface area (Å²) in [7, 11) is 0. The molecule has 2 nitrogen and oxygen atoms in total. The minimum absolute atomic E-state index is 0.109. The zero-order valence-electron chi connectivity index (χ0n) is 9.06. The molecule has 71 valence electrons. The van der Waals surface area contributed by atoms with Gasteiger partial charge < -0.3 is 0 Å². The average molecular weight is 170 g/mol. The molecule has 1 saturated heterocycles. The van der Waals surface area contributed by atoms with Gasteiger partial charge in [0, 0.05) is 11.1 Å². The molecule has 0 saturated carbocycles. The van der Waals surface area contributed by atoms with E-state index in [1.165, 1.54) is 5.06 Å². The maximum Gasteiger partial charge on any atom is 0.0495 e. The third kappa shape index (κ3) is 1.09. The van der Waals surface area contributed by atoms with Crippen LogP contribution in [0.25, 0.3) is 0 Å². The van der Waals surface area contributed by atoms with E-state index in [-0.39, 0.29) is 16.5 Å². The molecule has 0 N–H and O–H groups in total. The predicted molar refractivity (Wildman–Crippen MR) is 49.1 cm³/mol. The largest absolute Gasteiger partial charge is 0.143 e. The fourth-order valence-corrected chi connectivity index (χ4v) is 2.40. The summed E-state index contributed by atoms with van der Waals surface area (Å²) in [5.41, 5.74) is -0.332. The summed E-state index contributed by atoms with van der Waals surface area (Å²) in [5, 5.41) is 13.1. The Hall–Kier alpha value is -0.0800. The summed E-state index contributed by atoms with van der Waals surface area (Å²) >= 11 is 0. The zero-order chi connectivity index (χ0) is 9.78. The fraction of sp³-hybridized carbons (Fsp3) is 1.00. The average Bonchev–Trinajstić information content (AvgIpc) is 1.90. The van der Waals surface area contributed by atoms with Crippen molar-refractivity contribution in [2.45, 2.75) is 59.0 Å². The second-order valence-electron chi connectivity index (χ2n) is 5.73. The van der Waals surface area contributed by atoms with Gasteiger partial charge in [-0.05, 0) is 39.5 Å². The number of hydrogen-bond acceptors (Lipinski definition) is 1. The monoisotopic (exact) mass is 170 g/mol. The van der Waals surface area contributed by atoms with Crippen molar-refractivity contribution < 1.29 is 5.21 Å². The van der Waals surface area contributed by atoms with E-state index in [1.54, 1.807) is 0 Å². The van der Waals surface area contributed by atoms with E-state index in [9.17, 15) is 5.21 Å². The Labute approximate surface area is 75.5 Å². The lowest BCUT2D eigenvalue weighted by molar-refractivity contribution is -0.252. The maximum atomic E-state index is 11.9. The van der Waals surface area contributed by atoms with Gasteiger partial charge in [0.25, 0.3) is 0 Å². The molecule has 1 aliphatic heterocycles. The van der Waals surface area contributed by atoms with Gasteiger partial charge >= 0.3 is 0 Å². The van der Waals surface area contributed by atoms with E-state index in [0.29, 0.717) is 0 Å². The molecule has 0 spiro atoms. The van der Waals surface area contributed by atoms with Crippen LogP contribution in [-0.2, 0) is 5.21 Å². The van der Waals surface area contributed by atoms with Crippen molar-refractivity contribution in [2.75, 3.05) is 0 Å². The van der Waals surface area contributed by atoms with Gasteiger partial charge in [-0.1, -0.05) is 13.8 Å². The third-order valence-electron chi connectivity index (χ3n) is 3.59. The Morgan fingerprint density at radius 3 is 1.50 bits per heavy atom. The molecule has 1 aliphatic rings. The first-order valence-electron chi connectivity index (χ1n) is 4.59. The minimum Gasteiger partial charge on any atom is -0.143 e. The van der Waals surface area contributed by atoms with Gasteiger partial charge in [-0.3, -0.25) is 0 Å². The molecule has 2 heteroatoms. The highest BCUT2D eigenvalue weighted by atomic mass is 16.5. The molecule has 0 aromatic rings. The van der Waals surface area contributed by atoms with Crippen LogP contribution in [0.1, 0.15) is 48.0 Å². The van der Waals surface area contributed by atoms with Crippen LogP contribution in [0.5, 0.6) is 0 Å². The van der Waals surface area contributed by atoms with Gasteiger partial charge in [0.1, 0.15) is 0 Å². The molecule has 1 fully saturated rings. The van der Waals surface area contributed by atoms with Gasteiger partial charge in [-0.15, -0.1) is 10.3 Å². The highest BCUT2D eigenvalue weighted by Gasteiger charge is 2.56. The molecule has 1 heterocycles. The van der Waals surface area contributed by atoms with Crippen LogP contribution in [0.4, 0.5) is 0 Å². The van der Waals surface area contributed by atoms with Gasteiger partial charge in [0.2, 0.25) is 0 Å². The first kappa shape index (κ1) is 10.0. The molecule has 0 aromatic carbocycles. The molecule has 0 aromatic heterocycles. The van der Waals surface area contributed by atoms with Crippen LogP contribution in [0.3, 0.4) is 0 Å². The van der Waals surface area contributed by atoms with Crippen molar-refractivity contribution in [3.63, 3.8) is 0 Å². The standard InChI is InChI=1S/C10H20NO/c1-8(2)7-9(3,4)11(12)10(8,5)6/h7H2,1-6H3. The van der Waals surface area contributed by atoms with E-state index in [0.717, 1.165) is 6.42 Å². The topological polar surface area (TPSA) is 23.1 Å². The van der Waals surface area contributed by atoms with Crippen LogP contribution in [0, 0.1) is 5.41 Å². The smallest absolute Gasteiger partial charge is 0.0495 e. The SMILES string of the molecule is CC1(C)CC(C)(C)C(C)(C)N1[O]. The second-order valence-corrected chi connectivity index (χ2v) is 5.73. The number of hydroxylamine groups is 2. The first-order chi connectivity index (χ1) is 5.11. The van der Waals surface area contributed by atoms with Crippen molar-refractivity contribution in [1.29, 1.82) is 0 Å². The summed E-state index contributed by atoms with van der Waals surface area (Å²) in [6, 6.07) is 0. The number of nitrogens with zero attached hydrogens (tertiary/aromatic N) is 1. The van der Waals surface area contributed by atoms with Crippen LogP contribution in [-0.4, -0.2) is 16.1 Å². The van der Waals surface area contributed by atoms with Crippen molar-refractivity contribution in [3.05, 3.63) is 0 Å². The van der Waals surface area contributed by atoms with Crippen LogP contribution < -0.4 is 0 Å². The normalized spacial score (nSPS) is 32.2. The predicted octanol–water partition coefficient (Wildman–Crippen LogP) is 2.62. The highest BCUT2D eigenvalue weighted by molar-refractivity contribution is 5.06. The Bertz CT molecular complexity index is 194. The Balaban J connectivity index is 3.05. The van der Waals surface area contributed by atoms with Crippen LogP contribution in [0.2, 0.25) is 0 Å². The third-order valence-corrected chi connectivity index (χ3v) is 3.59. The van der Waals surface area contributed by atoms with Crippen LogP contribution in [0.15, 0.2) is 0 Å². The van der Waals surface area contributed by atoms with Gasteiger partial charge in [0.05, 0.1) is 0 Å². The lowest BCUT2D eigenvalue weighted by atomic mass is 9.74. The van der Waals surface area contributed by atoms with Gasteiger partial charge in [-0.2, -0.15) is 0 Å². The van der Waals surface area contributed by atoms with Crippen molar-refractivity contribution in [3.8, 4) is 0 Å². The fourth-order valence-electron chi connectivity index (χ4n) is 2.40. The van der Waals surface area contributed by atoms with Crippen molar-refractivity contribution >= 4 is 0 Å². The summed E-state index contributed by atoms with van der Waals surface area (Å²) in [6.07, 6.45) is 0.969. The molecule has 0 aliphatic carbocycles. The number of rotatable bonds is 0. The lowest BCUT2D eigenvalue weighted by Gasteiger charge is -2.37. The molecule has 1 rings (SSSR count). The molecule has 0 unspecified atom stereocenters. The molecule has 0 bridgehead atoms. The van der Waals surface area contributed by atoms with Gasteiger partial charge in [-0.25, -0.2) is 0 Å². The summed E-state index contributed by atoms with van der Waals surface area (Å²) in [6.45, 7) is 12.5. The minimum atomic E-state index is -0.240. The van der Waals surface area contributed by atoms with Crippen molar-refractivity contribution in [2.24, 2.45) is 5.41 Å². The van der Waals surface area contributed by atoms with Crippen LogP contribution >= 0.6 is 0 Å². The Morgan fingerprint density at radius 2 is 1.42 bits per heavy atom. The Morgan fingerprint density at radius 1 is 1.00 bits per heavy atom. The summed E-state index contributed by atoms with van der Waals surface area (Å²) < 4.78 is 0. The molecular formula is C10H20NO. The second kappa shape index (κ2) is 2.24. The van der Waals surface area contributed by atoms with Gasteiger partial charge in [0.15, 0.2) is 0 Å². The molecular weight excluding hydrogens is 150 g/mol. The molecule has 1 radical (unpaired) electrons. The first-order valence-corrected chi connectivity index (χ1v) is 4.59. The van der Waals surface area contributed by atoms with E-state index < -0.39 is 0 Å². The molecule has 0 atom stereocenters. The lowest BCUT2D eigenvalue weighted by Crippen LogP contribution is -2.48. The van der Waals surface area contributed by atoms with E-state index in [1.807, 2.05) is 27.7 Å². The maximum absolute atomic E-state index is 11.9. The summed E-state index contributed by atoms with van der Waals surface area (Å²) in [5.74, 6) is 0.